The zero-order valence-corrected chi connectivity index (χ0v) is 15.4. The van der Waals surface area contributed by atoms with Crippen LogP contribution in [0.1, 0.15) is 32.1 Å². The molecule has 2 aromatic heterocycles. The number of esters is 1. The number of aromatic nitrogens is 2. The van der Waals surface area contributed by atoms with E-state index in [9.17, 15) is 19.7 Å². The molecule has 0 unspecified atom stereocenters. The van der Waals surface area contributed by atoms with Crippen molar-refractivity contribution in [1.82, 2.24) is 9.55 Å². The summed E-state index contributed by atoms with van der Waals surface area (Å²) >= 11 is 1.44. The van der Waals surface area contributed by atoms with Gasteiger partial charge in [0.25, 0.3) is 5.69 Å². The molecule has 1 aromatic carbocycles. The molecule has 0 fully saturated rings. The molecule has 27 heavy (non-hydrogen) atoms. The molecule has 0 atom stereocenters. The van der Waals surface area contributed by atoms with Crippen molar-refractivity contribution in [3.05, 3.63) is 74.5 Å². The largest absolute Gasteiger partial charge is 0.454 e. The standard InChI is InChI=1S/C18H15N3O5S/c1-11-9-14(12(2)20(11)18-19-7-8-27-18)16(22)10-26-17(23)13-5-3-4-6-15(13)21(24)25/h3-9H,10H2,1-2H3. The Kier molecular flexibility index (Phi) is 5.13. The number of rotatable bonds is 6. The molecule has 2 heterocycles. The number of hydrogen-bond acceptors (Lipinski definition) is 7. The van der Waals surface area contributed by atoms with Crippen molar-refractivity contribution >= 4 is 28.8 Å². The van der Waals surface area contributed by atoms with Crippen LogP contribution in [-0.4, -0.2) is 32.8 Å². The molecule has 9 heteroatoms. The Morgan fingerprint density at radius 3 is 2.67 bits per heavy atom. The van der Waals surface area contributed by atoms with Crippen molar-refractivity contribution in [2.45, 2.75) is 13.8 Å². The number of nitrogens with zero attached hydrogens (tertiary/aromatic N) is 3. The van der Waals surface area contributed by atoms with Crippen LogP contribution in [0.25, 0.3) is 5.13 Å². The Morgan fingerprint density at radius 2 is 2.00 bits per heavy atom. The van der Waals surface area contributed by atoms with Crippen LogP contribution < -0.4 is 0 Å². The second-order valence-corrected chi connectivity index (χ2v) is 6.58. The predicted molar refractivity (Wildman–Crippen MR) is 98.6 cm³/mol. The minimum absolute atomic E-state index is 0.191. The zero-order valence-electron chi connectivity index (χ0n) is 14.5. The lowest BCUT2D eigenvalue weighted by molar-refractivity contribution is -0.385. The molecule has 0 saturated carbocycles. The van der Waals surface area contributed by atoms with Crippen LogP contribution >= 0.6 is 11.3 Å². The number of carbonyl (C=O) groups excluding carboxylic acids is 2. The third-order valence-electron chi connectivity index (χ3n) is 4.00. The lowest BCUT2D eigenvalue weighted by Crippen LogP contribution is -2.16. The van der Waals surface area contributed by atoms with Crippen LogP contribution in [0.3, 0.4) is 0 Å². The summed E-state index contributed by atoms with van der Waals surface area (Å²) in [6, 6.07) is 7.15. The normalized spacial score (nSPS) is 10.6. The third-order valence-corrected chi connectivity index (χ3v) is 4.75. The Morgan fingerprint density at radius 1 is 1.26 bits per heavy atom. The van der Waals surface area contributed by atoms with E-state index in [1.165, 1.54) is 35.6 Å². The Balaban J connectivity index is 1.77. The molecule has 3 rings (SSSR count). The molecule has 0 radical (unpaired) electrons. The molecule has 0 spiro atoms. The maximum absolute atomic E-state index is 12.5. The summed E-state index contributed by atoms with van der Waals surface area (Å²) in [6.07, 6.45) is 1.68. The number of Topliss-reactive ketones (excluding diaryl/α,β-unsaturated/α-hetero) is 1. The maximum atomic E-state index is 12.5. The van der Waals surface area contributed by atoms with Crippen molar-refractivity contribution in [2.24, 2.45) is 0 Å². The third kappa shape index (κ3) is 3.63. The van der Waals surface area contributed by atoms with Crippen molar-refractivity contribution in [1.29, 1.82) is 0 Å². The summed E-state index contributed by atoms with van der Waals surface area (Å²) in [5, 5.41) is 13.6. The van der Waals surface area contributed by atoms with Gasteiger partial charge in [0.1, 0.15) is 5.56 Å². The molecule has 0 amide bonds. The molecular weight excluding hydrogens is 370 g/mol. The van der Waals surface area contributed by atoms with Crippen molar-refractivity contribution in [3.8, 4) is 5.13 Å². The number of benzene rings is 1. The molecule has 0 aliphatic rings. The van der Waals surface area contributed by atoms with E-state index in [-0.39, 0.29) is 11.3 Å². The fraction of sp³-hybridized carbons (Fsp3) is 0.167. The lowest BCUT2D eigenvalue weighted by Gasteiger charge is -2.06. The highest BCUT2D eigenvalue weighted by molar-refractivity contribution is 7.12. The summed E-state index contributed by atoms with van der Waals surface area (Å²) < 4.78 is 6.86. The van der Waals surface area contributed by atoms with Crippen LogP contribution in [0.4, 0.5) is 5.69 Å². The highest BCUT2D eigenvalue weighted by atomic mass is 32.1. The summed E-state index contributed by atoms with van der Waals surface area (Å²) in [5.74, 6) is -1.30. The van der Waals surface area contributed by atoms with Gasteiger partial charge < -0.3 is 4.74 Å². The van der Waals surface area contributed by atoms with Gasteiger partial charge in [0.2, 0.25) is 5.78 Å². The average molecular weight is 385 g/mol. The van der Waals surface area contributed by atoms with E-state index >= 15 is 0 Å². The number of hydrogen-bond donors (Lipinski definition) is 0. The van der Waals surface area contributed by atoms with Gasteiger partial charge in [0.05, 0.1) is 4.92 Å². The van der Waals surface area contributed by atoms with E-state index in [1.807, 2.05) is 16.9 Å². The van der Waals surface area contributed by atoms with E-state index in [1.54, 1.807) is 19.2 Å². The summed E-state index contributed by atoms with van der Waals surface area (Å²) in [5.41, 5.74) is 1.38. The van der Waals surface area contributed by atoms with Gasteiger partial charge in [-0.15, -0.1) is 11.3 Å². The number of aryl methyl sites for hydroxylation is 1. The van der Waals surface area contributed by atoms with E-state index in [2.05, 4.69) is 4.98 Å². The molecule has 8 nitrogen and oxygen atoms in total. The fourth-order valence-corrected chi connectivity index (χ4v) is 3.51. The average Bonchev–Trinajstić information content (AvgIpc) is 3.27. The quantitative estimate of drug-likeness (QED) is 0.278. The molecule has 0 N–H and O–H groups in total. The first-order chi connectivity index (χ1) is 12.9. The first-order valence-corrected chi connectivity index (χ1v) is 8.80. The van der Waals surface area contributed by atoms with Gasteiger partial charge in [-0.3, -0.25) is 19.5 Å². The van der Waals surface area contributed by atoms with E-state index in [0.717, 1.165) is 10.8 Å². The number of carbonyl (C=O) groups is 2. The predicted octanol–water partition coefficient (Wildman–Crippen LogP) is 3.50. The van der Waals surface area contributed by atoms with Crippen LogP contribution in [0, 0.1) is 24.0 Å². The molecule has 0 bridgehead atoms. The van der Waals surface area contributed by atoms with Gasteiger partial charge in [-0.05, 0) is 26.0 Å². The number of nitro benzene ring substituents is 1. The second-order valence-electron chi connectivity index (χ2n) is 5.71. The highest BCUT2D eigenvalue weighted by Crippen LogP contribution is 2.23. The second kappa shape index (κ2) is 7.50. The smallest absolute Gasteiger partial charge is 0.345 e. The summed E-state index contributed by atoms with van der Waals surface area (Å²) in [6.45, 7) is 3.13. The Bertz CT molecular complexity index is 1020. The van der Waals surface area contributed by atoms with Crippen molar-refractivity contribution in [2.75, 3.05) is 6.61 Å². The molecule has 0 aliphatic carbocycles. The zero-order chi connectivity index (χ0) is 19.6. The first kappa shape index (κ1) is 18.5. The number of thiazole rings is 1. The number of ketones is 1. The van der Waals surface area contributed by atoms with Gasteiger partial charge in [0.15, 0.2) is 11.7 Å². The first-order valence-electron chi connectivity index (χ1n) is 7.92. The molecule has 138 valence electrons. The van der Waals surface area contributed by atoms with Crippen LogP contribution in [0.5, 0.6) is 0 Å². The minimum atomic E-state index is -0.913. The monoisotopic (exact) mass is 385 g/mol. The maximum Gasteiger partial charge on any atom is 0.345 e. The molecular formula is C18H15N3O5S. The summed E-state index contributed by atoms with van der Waals surface area (Å²) in [4.78, 5) is 39.3. The van der Waals surface area contributed by atoms with E-state index in [0.29, 0.717) is 11.3 Å². The number of para-hydroxylation sites is 1. The minimum Gasteiger partial charge on any atom is -0.454 e. The lowest BCUT2D eigenvalue weighted by atomic mass is 10.1. The van der Waals surface area contributed by atoms with Gasteiger partial charge in [-0.2, -0.15) is 0 Å². The Hall–Kier alpha value is -3.33. The van der Waals surface area contributed by atoms with Crippen LogP contribution in [0.15, 0.2) is 41.9 Å². The van der Waals surface area contributed by atoms with Gasteiger partial charge in [0, 0.05) is 34.6 Å². The van der Waals surface area contributed by atoms with Crippen molar-refractivity contribution < 1.29 is 19.2 Å². The molecule has 0 saturated heterocycles. The van der Waals surface area contributed by atoms with Gasteiger partial charge >= 0.3 is 5.97 Å². The van der Waals surface area contributed by atoms with Crippen LogP contribution in [0.2, 0.25) is 0 Å². The van der Waals surface area contributed by atoms with E-state index < -0.39 is 23.3 Å². The fourth-order valence-electron chi connectivity index (χ4n) is 2.76. The highest BCUT2D eigenvalue weighted by Gasteiger charge is 2.23. The topological polar surface area (TPSA) is 104 Å². The number of nitro groups is 1. The van der Waals surface area contributed by atoms with Gasteiger partial charge in [-0.1, -0.05) is 12.1 Å². The Labute approximate surface area is 158 Å². The van der Waals surface area contributed by atoms with Crippen LogP contribution in [-0.2, 0) is 4.74 Å². The SMILES string of the molecule is Cc1cc(C(=O)COC(=O)c2ccccc2[N+](=O)[O-])c(C)n1-c1nccs1. The van der Waals surface area contributed by atoms with Crippen molar-refractivity contribution in [3.63, 3.8) is 0 Å². The summed E-state index contributed by atoms with van der Waals surface area (Å²) in [7, 11) is 0. The molecule has 3 aromatic rings. The van der Waals surface area contributed by atoms with Gasteiger partial charge in [-0.25, -0.2) is 9.78 Å². The van der Waals surface area contributed by atoms with E-state index in [4.69, 9.17) is 4.74 Å². The molecule has 0 aliphatic heterocycles. The number of ether oxygens (including phenoxy) is 1.